The first-order valence-electron chi connectivity index (χ1n) is 9.50. The standard InChI is InChI=1S/C23H16Cl2FN3O2S/c1-12-10-14(13(2)28(12)18-8-4-3-7-17(18)26)11-15-21(30)27-23(32)29(22(15)31)19-9-5-6-16(24)20(19)25/h3-11H,1-2H3,(H,27,30,32)/b15-11+. The number of hydrogen-bond acceptors (Lipinski definition) is 3. The molecule has 2 amide bonds. The maximum absolute atomic E-state index is 14.4. The summed E-state index contributed by atoms with van der Waals surface area (Å²) in [6, 6.07) is 12.9. The molecule has 0 saturated carbocycles. The van der Waals surface area contributed by atoms with Crippen LogP contribution in [0.3, 0.4) is 0 Å². The summed E-state index contributed by atoms with van der Waals surface area (Å²) in [5, 5.41) is 2.80. The molecule has 4 rings (SSSR count). The highest BCUT2D eigenvalue weighted by atomic mass is 35.5. The predicted octanol–water partition coefficient (Wildman–Crippen LogP) is 5.37. The number of benzene rings is 2. The molecule has 2 aromatic carbocycles. The molecule has 2 heterocycles. The number of thiocarbonyl (C=S) groups is 1. The van der Waals surface area contributed by atoms with Gasteiger partial charge in [0.1, 0.15) is 11.4 Å². The Hall–Kier alpha value is -3.00. The summed E-state index contributed by atoms with van der Waals surface area (Å²) >= 11 is 17.6. The van der Waals surface area contributed by atoms with Crippen molar-refractivity contribution in [3.63, 3.8) is 0 Å². The van der Waals surface area contributed by atoms with E-state index in [0.29, 0.717) is 16.9 Å². The number of carbonyl (C=O) groups excluding carboxylic acids is 2. The summed E-state index contributed by atoms with van der Waals surface area (Å²) in [7, 11) is 0. The summed E-state index contributed by atoms with van der Waals surface area (Å²) in [5.74, 6) is -1.66. The summed E-state index contributed by atoms with van der Waals surface area (Å²) in [4.78, 5) is 27.0. The number of carbonyl (C=O) groups is 2. The molecule has 0 bridgehead atoms. The van der Waals surface area contributed by atoms with Crippen molar-refractivity contribution in [1.82, 2.24) is 9.88 Å². The molecular formula is C23H16Cl2FN3O2S. The number of aromatic nitrogens is 1. The smallest absolute Gasteiger partial charge is 0.270 e. The van der Waals surface area contributed by atoms with Gasteiger partial charge in [0, 0.05) is 11.4 Å². The van der Waals surface area contributed by atoms with Crippen LogP contribution in [0.5, 0.6) is 0 Å². The highest BCUT2D eigenvalue weighted by molar-refractivity contribution is 7.80. The van der Waals surface area contributed by atoms with Crippen molar-refractivity contribution in [3.8, 4) is 5.69 Å². The average Bonchev–Trinajstić information content (AvgIpc) is 3.01. The molecule has 0 unspecified atom stereocenters. The van der Waals surface area contributed by atoms with E-state index >= 15 is 0 Å². The van der Waals surface area contributed by atoms with E-state index in [2.05, 4.69) is 5.32 Å². The van der Waals surface area contributed by atoms with Crippen LogP contribution >= 0.6 is 35.4 Å². The van der Waals surface area contributed by atoms with Gasteiger partial charge in [0.25, 0.3) is 11.8 Å². The maximum Gasteiger partial charge on any atom is 0.270 e. The Balaban J connectivity index is 1.81. The molecule has 1 fully saturated rings. The van der Waals surface area contributed by atoms with Crippen LogP contribution in [-0.2, 0) is 9.59 Å². The Bertz CT molecular complexity index is 1330. The van der Waals surface area contributed by atoms with Crippen molar-refractivity contribution in [2.45, 2.75) is 13.8 Å². The maximum atomic E-state index is 14.4. The fourth-order valence-corrected chi connectivity index (χ4v) is 4.29. The van der Waals surface area contributed by atoms with Gasteiger partial charge in [-0.05, 0) is 68.0 Å². The Morgan fingerprint density at radius 1 is 1.03 bits per heavy atom. The molecule has 0 atom stereocenters. The minimum absolute atomic E-state index is 0.0989. The van der Waals surface area contributed by atoms with Crippen LogP contribution in [0, 0.1) is 19.7 Å². The fraction of sp³-hybridized carbons (Fsp3) is 0.0870. The van der Waals surface area contributed by atoms with Crippen molar-refractivity contribution in [2.24, 2.45) is 0 Å². The Kier molecular flexibility index (Phi) is 5.90. The van der Waals surface area contributed by atoms with Crippen LogP contribution < -0.4 is 10.2 Å². The van der Waals surface area contributed by atoms with E-state index in [1.807, 2.05) is 6.92 Å². The lowest BCUT2D eigenvalue weighted by molar-refractivity contribution is -0.122. The van der Waals surface area contributed by atoms with Crippen LogP contribution in [0.2, 0.25) is 10.0 Å². The lowest BCUT2D eigenvalue weighted by Gasteiger charge is -2.29. The van der Waals surface area contributed by atoms with Gasteiger partial charge in [-0.15, -0.1) is 0 Å². The third-order valence-electron chi connectivity index (χ3n) is 5.14. The highest BCUT2D eigenvalue weighted by Crippen LogP contribution is 2.34. The summed E-state index contributed by atoms with van der Waals surface area (Å²) in [6.45, 7) is 3.60. The molecule has 1 aliphatic heterocycles. The highest BCUT2D eigenvalue weighted by Gasteiger charge is 2.36. The monoisotopic (exact) mass is 487 g/mol. The largest absolute Gasteiger partial charge is 0.315 e. The van der Waals surface area contributed by atoms with Crippen molar-refractivity contribution in [1.29, 1.82) is 0 Å². The predicted molar refractivity (Wildman–Crippen MR) is 128 cm³/mol. The van der Waals surface area contributed by atoms with Gasteiger partial charge in [-0.3, -0.25) is 19.8 Å². The topological polar surface area (TPSA) is 54.3 Å². The van der Waals surface area contributed by atoms with Gasteiger partial charge in [0.2, 0.25) is 0 Å². The van der Waals surface area contributed by atoms with Crippen LogP contribution in [-0.4, -0.2) is 21.5 Å². The van der Waals surface area contributed by atoms with Gasteiger partial charge in [0.05, 0.1) is 21.4 Å². The van der Waals surface area contributed by atoms with E-state index in [9.17, 15) is 14.0 Å². The first-order valence-corrected chi connectivity index (χ1v) is 10.7. The number of para-hydroxylation sites is 1. The number of halogens is 3. The van der Waals surface area contributed by atoms with E-state index < -0.39 is 11.8 Å². The van der Waals surface area contributed by atoms with E-state index in [1.165, 1.54) is 12.1 Å². The molecule has 9 heteroatoms. The molecule has 0 spiro atoms. The Labute approximate surface area is 199 Å². The zero-order valence-electron chi connectivity index (χ0n) is 16.9. The van der Waals surface area contributed by atoms with Gasteiger partial charge in [-0.25, -0.2) is 4.39 Å². The third kappa shape index (κ3) is 3.72. The van der Waals surface area contributed by atoms with Crippen LogP contribution in [0.25, 0.3) is 11.8 Å². The number of amides is 2. The molecule has 0 radical (unpaired) electrons. The van der Waals surface area contributed by atoms with E-state index in [1.54, 1.807) is 54.0 Å². The lowest BCUT2D eigenvalue weighted by Crippen LogP contribution is -2.54. The molecule has 0 aliphatic carbocycles. The number of nitrogens with zero attached hydrogens (tertiary/aromatic N) is 2. The molecule has 3 aromatic rings. The van der Waals surface area contributed by atoms with Gasteiger partial charge in [0.15, 0.2) is 5.11 Å². The van der Waals surface area contributed by atoms with Crippen molar-refractivity contribution < 1.29 is 14.0 Å². The van der Waals surface area contributed by atoms with Crippen LogP contribution in [0.1, 0.15) is 17.0 Å². The number of aryl methyl sites for hydroxylation is 1. The lowest BCUT2D eigenvalue weighted by atomic mass is 10.1. The zero-order chi connectivity index (χ0) is 23.2. The summed E-state index contributed by atoms with van der Waals surface area (Å²) in [5.41, 5.74) is 2.50. The molecule has 5 nitrogen and oxygen atoms in total. The first kappa shape index (κ1) is 22.2. The quantitative estimate of drug-likeness (QED) is 0.307. The van der Waals surface area contributed by atoms with E-state index in [0.717, 1.165) is 10.6 Å². The summed E-state index contributed by atoms with van der Waals surface area (Å²) in [6.07, 6.45) is 1.46. The van der Waals surface area contributed by atoms with Gasteiger partial charge in [-0.1, -0.05) is 41.4 Å². The van der Waals surface area contributed by atoms with Gasteiger partial charge >= 0.3 is 0 Å². The normalized spacial score (nSPS) is 15.5. The zero-order valence-corrected chi connectivity index (χ0v) is 19.3. The van der Waals surface area contributed by atoms with E-state index in [-0.39, 0.29) is 32.2 Å². The summed E-state index contributed by atoms with van der Waals surface area (Å²) < 4.78 is 16.1. The molecule has 1 N–H and O–H groups in total. The molecule has 32 heavy (non-hydrogen) atoms. The molecule has 1 aromatic heterocycles. The second kappa shape index (κ2) is 8.50. The average molecular weight is 488 g/mol. The Morgan fingerprint density at radius 2 is 1.72 bits per heavy atom. The molecule has 1 saturated heterocycles. The second-order valence-electron chi connectivity index (χ2n) is 7.14. The third-order valence-corrected chi connectivity index (χ3v) is 6.23. The van der Waals surface area contributed by atoms with Crippen LogP contribution in [0.15, 0.2) is 54.1 Å². The van der Waals surface area contributed by atoms with Gasteiger partial charge < -0.3 is 4.57 Å². The number of anilines is 1. The van der Waals surface area contributed by atoms with Crippen LogP contribution in [0.4, 0.5) is 10.1 Å². The Morgan fingerprint density at radius 3 is 2.44 bits per heavy atom. The second-order valence-corrected chi connectivity index (χ2v) is 8.32. The SMILES string of the molecule is Cc1cc(/C=C2\C(=O)NC(=S)N(c3cccc(Cl)c3Cl)C2=O)c(C)n1-c1ccccc1F. The van der Waals surface area contributed by atoms with Crippen molar-refractivity contribution in [3.05, 3.63) is 86.9 Å². The van der Waals surface area contributed by atoms with Crippen molar-refractivity contribution in [2.75, 3.05) is 4.90 Å². The first-order chi connectivity index (χ1) is 15.2. The van der Waals surface area contributed by atoms with Gasteiger partial charge in [-0.2, -0.15) is 0 Å². The van der Waals surface area contributed by atoms with E-state index in [4.69, 9.17) is 35.4 Å². The number of hydrogen-bond donors (Lipinski definition) is 1. The minimum Gasteiger partial charge on any atom is -0.315 e. The number of nitrogens with one attached hydrogen (secondary N) is 1. The number of rotatable bonds is 3. The minimum atomic E-state index is -0.640. The molecule has 1 aliphatic rings. The van der Waals surface area contributed by atoms with Crippen molar-refractivity contribution >= 4 is 64.1 Å². The molecular weight excluding hydrogens is 472 g/mol. The fourth-order valence-electron chi connectivity index (χ4n) is 3.63. The molecule has 162 valence electrons.